The van der Waals surface area contributed by atoms with E-state index in [1.165, 1.54) is 0 Å². The number of nitrogens with one attached hydrogen (secondary N) is 4. The van der Waals surface area contributed by atoms with Gasteiger partial charge in [-0.05, 0) is 84.9 Å². The number of benzene rings is 4. The summed E-state index contributed by atoms with van der Waals surface area (Å²) >= 11 is 24.0. The Balaban J connectivity index is 1.40. The van der Waals surface area contributed by atoms with Crippen molar-refractivity contribution < 1.29 is 4.79 Å². The zero-order valence-corrected chi connectivity index (χ0v) is 22.5. The number of anilines is 2. The van der Waals surface area contributed by atoms with Crippen molar-refractivity contribution in [2.75, 3.05) is 11.9 Å². The predicted octanol–water partition coefficient (Wildman–Crippen LogP) is 7.87. The topological polar surface area (TPSA) is 69.0 Å². The lowest BCUT2D eigenvalue weighted by Crippen LogP contribution is -2.40. The van der Waals surface area contributed by atoms with Crippen LogP contribution in [0.5, 0.6) is 0 Å². The molecule has 5 nitrogen and oxygen atoms in total. The Morgan fingerprint density at radius 2 is 1.57 bits per heavy atom. The van der Waals surface area contributed by atoms with Gasteiger partial charge in [-0.15, -0.1) is 0 Å². The molecule has 4 aromatic carbocycles. The minimum Gasteiger partial charge on any atom is -0.362 e. The first-order valence-electron chi connectivity index (χ1n) is 11.5. The van der Waals surface area contributed by atoms with Crippen molar-refractivity contribution in [1.82, 2.24) is 15.6 Å². The number of carbonyl (C=O) groups excluding carboxylic acids is 1. The van der Waals surface area contributed by atoms with Gasteiger partial charge >= 0.3 is 0 Å². The number of hydrogen-bond acceptors (Lipinski definition) is 3. The SMILES string of the molecule is O=C(NC(=S)NCCc1cc(Nc2ccc(Cl)cc2)cc2c1[nH]c1cc(Cl)c(Cl)cc12)c1ccccc1. The van der Waals surface area contributed by atoms with Crippen molar-refractivity contribution in [2.24, 2.45) is 0 Å². The van der Waals surface area contributed by atoms with E-state index in [0.29, 0.717) is 33.6 Å². The maximum Gasteiger partial charge on any atom is 0.257 e. The van der Waals surface area contributed by atoms with Crippen LogP contribution in [0.15, 0.2) is 78.9 Å². The number of halogens is 3. The average molecular weight is 568 g/mol. The molecule has 1 aromatic heterocycles. The molecule has 37 heavy (non-hydrogen) atoms. The van der Waals surface area contributed by atoms with Gasteiger partial charge in [0.15, 0.2) is 5.11 Å². The van der Waals surface area contributed by atoms with E-state index < -0.39 is 0 Å². The second-order valence-corrected chi connectivity index (χ2v) is 10.1. The van der Waals surface area contributed by atoms with Crippen LogP contribution < -0.4 is 16.0 Å². The molecule has 9 heteroatoms. The molecule has 1 heterocycles. The van der Waals surface area contributed by atoms with Gasteiger partial charge in [-0.25, -0.2) is 0 Å². The van der Waals surface area contributed by atoms with Gasteiger partial charge in [-0.1, -0.05) is 53.0 Å². The van der Waals surface area contributed by atoms with Crippen LogP contribution in [-0.4, -0.2) is 22.5 Å². The molecule has 0 atom stereocenters. The largest absolute Gasteiger partial charge is 0.362 e. The number of amides is 1. The van der Waals surface area contributed by atoms with Crippen LogP contribution in [0.1, 0.15) is 15.9 Å². The van der Waals surface area contributed by atoms with Crippen LogP contribution in [0.2, 0.25) is 15.1 Å². The maximum atomic E-state index is 12.4. The van der Waals surface area contributed by atoms with E-state index in [1.54, 1.807) is 12.1 Å². The van der Waals surface area contributed by atoms with Crippen molar-refractivity contribution in [3.63, 3.8) is 0 Å². The summed E-state index contributed by atoms with van der Waals surface area (Å²) in [6.45, 7) is 0.518. The van der Waals surface area contributed by atoms with E-state index >= 15 is 0 Å². The first kappa shape index (κ1) is 25.4. The molecule has 0 aliphatic carbocycles. The van der Waals surface area contributed by atoms with E-state index in [9.17, 15) is 4.79 Å². The molecular formula is C28H21Cl3N4OS. The lowest BCUT2D eigenvalue weighted by atomic mass is 10.0. The highest BCUT2D eigenvalue weighted by molar-refractivity contribution is 7.80. The fraction of sp³-hybridized carbons (Fsp3) is 0.0714. The van der Waals surface area contributed by atoms with Crippen molar-refractivity contribution >= 4 is 91.2 Å². The third kappa shape index (κ3) is 5.84. The van der Waals surface area contributed by atoms with Gasteiger partial charge in [0, 0.05) is 50.3 Å². The Hall–Kier alpha value is -3.29. The zero-order valence-electron chi connectivity index (χ0n) is 19.4. The number of carbonyl (C=O) groups is 1. The molecule has 5 aromatic rings. The van der Waals surface area contributed by atoms with Crippen LogP contribution in [0.3, 0.4) is 0 Å². The minimum atomic E-state index is -0.251. The Morgan fingerprint density at radius 3 is 2.32 bits per heavy atom. The molecule has 0 aliphatic rings. The Morgan fingerprint density at radius 1 is 0.838 bits per heavy atom. The van der Waals surface area contributed by atoms with E-state index in [4.69, 9.17) is 47.0 Å². The third-order valence-corrected chi connectivity index (χ3v) is 7.13. The number of hydrogen-bond donors (Lipinski definition) is 4. The Kier molecular flexibility index (Phi) is 7.53. The summed E-state index contributed by atoms with van der Waals surface area (Å²) < 4.78 is 0. The number of fused-ring (bicyclic) bond motifs is 3. The summed E-state index contributed by atoms with van der Waals surface area (Å²) in [5, 5.41) is 13.2. The lowest BCUT2D eigenvalue weighted by molar-refractivity contribution is 0.0976. The molecule has 0 spiro atoms. The number of thiocarbonyl (C=S) groups is 1. The van der Waals surface area contributed by atoms with Gasteiger partial charge in [0.2, 0.25) is 0 Å². The first-order chi connectivity index (χ1) is 17.9. The standard InChI is InChI=1S/C28H21Cl3N4OS/c29-18-6-8-19(9-7-18)33-20-12-17(10-11-32-28(37)35-27(36)16-4-2-1-3-5-16)26-22(13-20)21-14-23(30)24(31)15-25(21)34-26/h1-9,12-15,33-34H,10-11H2,(H2,32,35,36,37). The fourth-order valence-corrected chi connectivity index (χ4v) is 4.81. The normalized spacial score (nSPS) is 11.0. The van der Waals surface area contributed by atoms with Crippen LogP contribution in [0, 0.1) is 0 Å². The highest BCUT2D eigenvalue weighted by Gasteiger charge is 2.14. The van der Waals surface area contributed by atoms with Crippen molar-refractivity contribution in [3.05, 3.63) is 105 Å². The van der Waals surface area contributed by atoms with Gasteiger partial charge in [0.1, 0.15) is 0 Å². The van der Waals surface area contributed by atoms with Gasteiger partial charge in [-0.3, -0.25) is 10.1 Å². The van der Waals surface area contributed by atoms with Gasteiger partial charge in [0.25, 0.3) is 5.91 Å². The van der Waals surface area contributed by atoms with Crippen molar-refractivity contribution in [2.45, 2.75) is 6.42 Å². The number of rotatable bonds is 6. The van der Waals surface area contributed by atoms with Crippen LogP contribution >= 0.6 is 47.0 Å². The number of H-pyrrole nitrogens is 1. The van der Waals surface area contributed by atoms with Gasteiger partial charge < -0.3 is 15.6 Å². The Labute approximate surface area is 234 Å². The van der Waals surface area contributed by atoms with Crippen LogP contribution in [-0.2, 0) is 6.42 Å². The molecule has 4 N–H and O–H groups in total. The summed E-state index contributed by atoms with van der Waals surface area (Å²) in [6, 6.07) is 24.3. The summed E-state index contributed by atoms with van der Waals surface area (Å²) in [6.07, 6.45) is 0.641. The molecule has 0 saturated heterocycles. The minimum absolute atomic E-state index is 0.251. The molecule has 0 aliphatic heterocycles. The molecule has 0 bridgehead atoms. The van der Waals surface area contributed by atoms with Crippen molar-refractivity contribution in [3.8, 4) is 0 Å². The molecule has 0 fully saturated rings. The van der Waals surface area contributed by atoms with E-state index in [-0.39, 0.29) is 11.0 Å². The van der Waals surface area contributed by atoms with Crippen molar-refractivity contribution in [1.29, 1.82) is 0 Å². The molecule has 186 valence electrons. The maximum absolute atomic E-state index is 12.4. The number of aromatic nitrogens is 1. The number of aromatic amines is 1. The molecular weight excluding hydrogens is 547 g/mol. The lowest BCUT2D eigenvalue weighted by Gasteiger charge is -2.13. The molecule has 1 amide bonds. The monoisotopic (exact) mass is 566 g/mol. The fourth-order valence-electron chi connectivity index (χ4n) is 4.16. The smallest absolute Gasteiger partial charge is 0.257 e. The third-order valence-electron chi connectivity index (χ3n) is 5.91. The summed E-state index contributed by atoms with van der Waals surface area (Å²) in [7, 11) is 0. The second kappa shape index (κ2) is 11.0. The van der Waals surface area contributed by atoms with E-state index in [0.717, 1.165) is 38.7 Å². The van der Waals surface area contributed by atoms with E-state index in [1.807, 2.05) is 54.6 Å². The second-order valence-electron chi connectivity index (χ2n) is 8.45. The highest BCUT2D eigenvalue weighted by atomic mass is 35.5. The van der Waals surface area contributed by atoms with Gasteiger partial charge in [-0.2, -0.15) is 0 Å². The summed E-state index contributed by atoms with van der Waals surface area (Å²) in [4.78, 5) is 15.9. The summed E-state index contributed by atoms with van der Waals surface area (Å²) in [5.41, 5.74) is 5.31. The average Bonchev–Trinajstić information content (AvgIpc) is 3.23. The summed E-state index contributed by atoms with van der Waals surface area (Å²) in [5.74, 6) is -0.251. The van der Waals surface area contributed by atoms with Crippen LogP contribution in [0.4, 0.5) is 11.4 Å². The Bertz CT molecular complexity index is 1620. The predicted molar refractivity (Wildman–Crippen MR) is 159 cm³/mol. The zero-order chi connectivity index (χ0) is 25.9. The van der Waals surface area contributed by atoms with Gasteiger partial charge in [0.05, 0.1) is 10.0 Å². The molecule has 0 saturated carbocycles. The van der Waals surface area contributed by atoms with E-state index in [2.05, 4.69) is 33.1 Å². The van der Waals surface area contributed by atoms with Crippen LogP contribution in [0.25, 0.3) is 21.8 Å². The highest BCUT2D eigenvalue weighted by Crippen LogP contribution is 2.36. The molecule has 5 rings (SSSR count). The molecule has 0 unspecified atom stereocenters. The quantitative estimate of drug-likeness (QED) is 0.158. The molecule has 0 radical (unpaired) electrons. The first-order valence-corrected chi connectivity index (χ1v) is 13.0.